The summed E-state index contributed by atoms with van der Waals surface area (Å²) in [5, 5.41) is 2.94. The molecule has 0 aliphatic carbocycles. The van der Waals surface area contributed by atoms with E-state index in [1.165, 1.54) is 4.90 Å². The van der Waals surface area contributed by atoms with Gasteiger partial charge in [0.05, 0.1) is 24.6 Å². The third-order valence-electron chi connectivity index (χ3n) is 5.00. The van der Waals surface area contributed by atoms with Gasteiger partial charge >= 0.3 is 5.97 Å². The molecule has 0 radical (unpaired) electrons. The summed E-state index contributed by atoms with van der Waals surface area (Å²) in [4.78, 5) is 26.2. The number of carbonyl (C=O) groups excluding carboxylic acids is 2. The van der Waals surface area contributed by atoms with Crippen molar-refractivity contribution in [3.8, 4) is 0 Å². The number of hydrogen-bond donors (Lipinski definition) is 2. The van der Waals surface area contributed by atoms with E-state index < -0.39 is 0 Å². The first-order valence-electron chi connectivity index (χ1n) is 10.1. The van der Waals surface area contributed by atoms with Crippen molar-refractivity contribution < 1.29 is 19.2 Å². The van der Waals surface area contributed by atoms with Crippen LogP contribution in [-0.4, -0.2) is 38.1 Å². The van der Waals surface area contributed by atoms with Crippen LogP contribution in [0.15, 0.2) is 54.6 Å². The number of carbonyl (C=O) groups is 2. The zero-order valence-electron chi connectivity index (χ0n) is 17.0. The van der Waals surface area contributed by atoms with Gasteiger partial charge in [-0.15, -0.1) is 0 Å². The van der Waals surface area contributed by atoms with E-state index in [2.05, 4.69) is 19.2 Å². The first-order chi connectivity index (χ1) is 13.6. The zero-order chi connectivity index (χ0) is 20.4. The van der Waals surface area contributed by atoms with Gasteiger partial charge < -0.3 is 15.0 Å². The number of rotatable bonds is 10. The van der Waals surface area contributed by atoms with Crippen molar-refractivity contribution in [2.75, 3.05) is 31.6 Å². The molecule has 1 atom stereocenters. The van der Waals surface area contributed by atoms with E-state index in [0.29, 0.717) is 17.9 Å². The molecule has 2 aromatic carbocycles. The topological polar surface area (TPSA) is 59.8 Å². The second kappa shape index (κ2) is 11.2. The standard InChI is InChI=1S/C23H30N2O3/c1-4-21(18-10-8-7-9-11-18)22(26)24-20-14-12-19(13-15-20)23(27)28-17-16-25(5-2)6-3/h7-15,21H,4-6,16-17H2,1-3H3,(H,24,26)/p+1/t21-/m0/s1. The van der Waals surface area contributed by atoms with Gasteiger partial charge in [-0.25, -0.2) is 4.79 Å². The lowest BCUT2D eigenvalue weighted by atomic mass is 9.95. The summed E-state index contributed by atoms with van der Waals surface area (Å²) < 4.78 is 5.35. The van der Waals surface area contributed by atoms with Crippen LogP contribution in [-0.2, 0) is 9.53 Å². The van der Waals surface area contributed by atoms with Crippen LogP contribution in [0.25, 0.3) is 0 Å². The van der Waals surface area contributed by atoms with Crippen molar-refractivity contribution >= 4 is 17.6 Å². The van der Waals surface area contributed by atoms with E-state index in [4.69, 9.17) is 4.74 Å². The maximum Gasteiger partial charge on any atom is 0.338 e. The van der Waals surface area contributed by atoms with Crippen LogP contribution < -0.4 is 10.2 Å². The third-order valence-corrected chi connectivity index (χ3v) is 5.00. The molecule has 0 aliphatic heterocycles. The van der Waals surface area contributed by atoms with Gasteiger partial charge in [-0.1, -0.05) is 37.3 Å². The first kappa shape index (κ1) is 21.6. The van der Waals surface area contributed by atoms with Crippen molar-refractivity contribution in [1.82, 2.24) is 0 Å². The first-order valence-corrected chi connectivity index (χ1v) is 10.1. The highest BCUT2D eigenvalue weighted by Gasteiger charge is 2.18. The van der Waals surface area contributed by atoms with Gasteiger partial charge in [0.25, 0.3) is 0 Å². The van der Waals surface area contributed by atoms with Gasteiger partial charge in [-0.3, -0.25) is 4.79 Å². The highest BCUT2D eigenvalue weighted by molar-refractivity contribution is 5.96. The van der Waals surface area contributed by atoms with E-state index in [1.807, 2.05) is 37.3 Å². The van der Waals surface area contributed by atoms with E-state index in [-0.39, 0.29) is 17.8 Å². The third kappa shape index (κ3) is 6.20. The normalized spacial score (nSPS) is 11.9. The van der Waals surface area contributed by atoms with Gasteiger partial charge in [-0.2, -0.15) is 0 Å². The molecular weight excluding hydrogens is 352 g/mol. The van der Waals surface area contributed by atoms with Gasteiger partial charge in [0.15, 0.2) is 0 Å². The Bertz CT molecular complexity index is 740. The van der Waals surface area contributed by atoms with Crippen molar-refractivity contribution in [3.63, 3.8) is 0 Å². The zero-order valence-corrected chi connectivity index (χ0v) is 17.0. The van der Waals surface area contributed by atoms with Crippen LogP contribution >= 0.6 is 0 Å². The molecule has 0 saturated carbocycles. The molecule has 5 nitrogen and oxygen atoms in total. The Morgan fingerprint density at radius 2 is 1.61 bits per heavy atom. The lowest BCUT2D eigenvalue weighted by Crippen LogP contribution is -3.11. The van der Waals surface area contributed by atoms with E-state index in [1.54, 1.807) is 24.3 Å². The molecule has 0 fully saturated rings. The van der Waals surface area contributed by atoms with Crippen molar-refractivity contribution in [2.24, 2.45) is 0 Å². The van der Waals surface area contributed by atoms with E-state index in [9.17, 15) is 9.59 Å². The van der Waals surface area contributed by atoms with Gasteiger partial charge in [0.2, 0.25) is 5.91 Å². The minimum Gasteiger partial charge on any atom is -0.456 e. The molecule has 0 unspecified atom stereocenters. The molecule has 0 aliphatic rings. The summed E-state index contributed by atoms with van der Waals surface area (Å²) in [6.45, 7) is 9.49. The molecule has 0 heterocycles. The van der Waals surface area contributed by atoms with Gasteiger partial charge in [0, 0.05) is 5.69 Å². The number of likely N-dealkylation sites (N-methyl/N-ethyl adjacent to an activating group) is 1. The largest absolute Gasteiger partial charge is 0.456 e. The molecule has 0 spiro atoms. The lowest BCUT2D eigenvalue weighted by molar-refractivity contribution is -0.896. The van der Waals surface area contributed by atoms with Crippen molar-refractivity contribution in [3.05, 3.63) is 65.7 Å². The second-order valence-corrected chi connectivity index (χ2v) is 6.78. The minimum absolute atomic E-state index is 0.0498. The molecular formula is C23H31N2O3+. The number of quaternary nitrogens is 1. The number of amides is 1. The Morgan fingerprint density at radius 1 is 0.964 bits per heavy atom. The average molecular weight is 384 g/mol. The molecule has 2 aromatic rings. The number of hydrogen-bond acceptors (Lipinski definition) is 3. The van der Waals surface area contributed by atoms with Crippen LogP contribution in [0.1, 0.15) is 49.0 Å². The smallest absolute Gasteiger partial charge is 0.338 e. The Kier molecular flexibility index (Phi) is 8.69. The summed E-state index contributed by atoms with van der Waals surface area (Å²) >= 11 is 0. The Morgan fingerprint density at radius 3 is 2.18 bits per heavy atom. The van der Waals surface area contributed by atoms with Crippen LogP contribution in [0.4, 0.5) is 5.69 Å². The van der Waals surface area contributed by atoms with Gasteiger partial charge in [-0.05, 0) is 50.1 Å². The summed E-state index contributed by atoms with van der Waals surface area (Å²) in [5.41, 5.74) is 2.16. The SMILES string of the molecule is CC[C@H](C(=O)Nc1ccc(C(=O)OCC[NH+](CC)CC)cc1)c1ccccc1. The van der Waals surface area contributed by atoms with Gasteiger partial charge in [0.1, 0.15) is 13.2 Å². The quantitative estimate of drug-likeness (QED) is 0.620. The van der Waals surface area contributed by atoms with Crippen molar-refractivity contribution in [2.45, 2.75) is 33.1 Å². The Balaban J connectivity index is 1.91. The summed E-state index contributed by atoms with van der Waals surface area (Å²) in [7, 11) is 0. The number of benzene rings is 2. The Labute approximate surface area is 167 Å². The van der Waals surface area contributed by atoms with Crippen LogP contribution in [0, 0.1) is 0 Å². The van der Waals surface area contributed by atoms with E-state index >= 15 is 0 Å². The second-order valence-electron chi connectivity index (χ2n) is 6.78. The highest BCUT2D eigenvalue weighted by Crippen LogP contribution is 2.21. The maximum atomic E-state index is 12.6. The molecule has 5 heteroatoms. The van der Waals surface area contributed by atoms with Crippen LogP contribution in [0.2, 0.25) is 0 Å². The van der Waals surface area contributed by atoms with Crippen molar-refractivity contribution in [1.29, 1.82) is 0 Å². The molecule has 0 bridgehead atoms. The average Bonchev–Trinajstić information content (AvgIpc) is 2.73. The van der Waals surface area contributed by atoms with E-state index in [0.717, 1.165) is 31.6 Å². The maximum absolute atomic E-state index is 12.6. The summed E-state index contributed by atoms with van der Waals surface area (Å²) in [6, 6.07) is 16.6. The fraction of sp³-hybridized carbons (Fsp3) is 0.391. The molecule has 0 aromatic heterocycles. The fourth-order valence-electron chi connectivity index (χ4n) is 3.15. The predicted octanol–water partition coefficient (Wildman–Crippen LogP) is 2.90. The lowest BCUT2D eigenvalue weighted by Gasteiger charge is -2.16. The Hall–Kier alpha value is -2.66. The molecule has 0 saturated heterocycles. The highest BCUT2D eigenvalue weighted by atomic mass is 16.5. The fourth-order valence-corrected chi connectivity index (χ4v) is 3.15. The summed E-state index contributed by atoms with van der Waals surface area (Å²) in [5.74, 6) is -0.584. The number of ether oxygens (including phenoxy) is 1. The van der Waals surface area contributed by atoms with Crippen LogP contribution in [0.5, 0.6) is 0 Å². The minimum atomic E-state index is -0.333. The molecule has 2 rings (SSSR count). The predicted molar refractivity (Wildman–Crippen MR) is 112 cm³/mol. The number of nitrogens with one attached hydrogen (secondary N) is 2. The number of esters is 1. The summed E-state index contributed by atoms with van der Waals surface area (Å²) in [6.07, 6.45) is 0.717. The monoisotopic (exact) mass is 383 g/mol. The number of anilines is 1. The molecule has 2 N–H and O–H groups in total. The molecule has 150 valence electrons. The molecule has 1 amide bonds. The molecule has 28 heavy (non-hydrogen) atoms. The van der Waals surface area contributed by atoms with Crippen LogP contribution in [0.3, 0.4) is 0 Å².